The second kappa shape index (κ2) is 20.5. The zero-order chi connectivity index (χ0) is 42.8. The lowest BCUT2D eigenvalue weighted by Gasteiger charge is -2.33. The van der Waals surface area contributed by atoms with E-state index in [0.29, 0.717) is 24.5 Å². The average molecular weight is 844 g/mol. The number of aromatic nitrogens is 1. The van der Waals surface area contributed by atoms with E-state index >= 15 is 0 Å². The van der Waals surface area contributed by atoms with Crippen LogP contribution in [0.25, 0.3) is 0 Å². The van der Waals surface area contributed by atoms with Crippen LogP contribution in [0.2, 0.25) is 0 Å². The normalized spacial score (nSPS) is 21.8. The van der Waals surface area contributed by atoms with Gasteiger partial charge < -0.3 is 35.6 Å². The van der Waals surface area contributed by atoms with E-state index in [1.165, 1.54) is 11.1 Å². The number of ether oxygens (including phenoxy) is 2. The van der Waals surface area contributed by atoms with E-state index in [0.717, 1.165) is 48.6 Å². The predicted molar refractivity (Wildman–Crippen MR) is 225 cm³/mol. The number of carbonyl (C=O) groups is 6. The van der Waals surface area contributed by atoms with Crippen LogP contribution in [0.1, 0.15) is 72.8 Å². The number of ketones is 1. The van der Waals surface area contributed by atoms with E-state index < -0.39 is 59.4 Å². The Morgan fingerprint density at radius 3 is 2.28 bits per heavy atom. The molecule has 1 aromatic heterocycles. The fourth-order valence-electron chi connectivity index (χ4n) is 7.73. The number of esters is 1. The molecule has 2 unspecified atom stereocenters. The molecule has 0 bridgehead atoms. The quantitative estimate of drug-likeness (QED) is 0.0966. The van der Waals surface area contributed by atoms with Crippen molar-refractivity contribution in [2.45, 2.75) is 102 Å². The molecule has 0 spiro atoms. The minimum absolute atomic E-state index is 0.0783. The van der Waals surface area contributed by atoms with Crippen molar-refractivity contribution >= 4 is 46.7 Å². The van der Waals surface area contributed by atoms with Crippen LogP contribution >= 0.6 is 11.3 Å². The van der Waals surface area contributed by atoms with Crippen molar-refractivity contribution in [1.82, 2.24) is 36.1 Å². The van der Waals surface area contributed by atoms with Crippen molar-refractivity contribution < 1.29 is 38.2 Å². The molecule has 4 amide bonds. The third kappa shape index (κ3) is 12.0. The molecule has 0 saturated carbocycles. The summed E-state index contributed by atoms with van der Waals surface area (Å²) in [6.45, 7) is 11.0. The Morgan fingerprint density at radius 1 is 0.967 bits per heavy atom. The first-order chi connectivity index (χ1) is 28.8. The van der Waals surface area contributed by atoms with Crippen LogP contribution in [0, 0.1) is 5.92 Å². The van der Waals surface area contributed by atoms with Crippen molar-refractivity contribution in [3.05, 3.63) is 87.9 Å². The number of likely N-dealkylation sites (tertiary alicyclic amines) is 1. The highest BCUT2D eigenvalue weighted by Crippen LogP contribution is 2.30. The number of rotatable bonds is 20. The van der Waals surface area contributed by atoms with E-state index in [4.69, 9.17) is 9.47 Å². The third-order valence-electron chi connectivity index (χ3n) is 11.2. The number of piperazine rings is 1. The summed E-state index contributed by atoms with van der Waals surface area (Å²) in [5.41, 5.74) is 0.857. The van der Waals surface area contributed by atoms with Crippen molar-refractivity contribution in [3.63, 3.8) is 0 Å². The van der Waals surface area contributed by atoms with Gasteiger partial charge in [0.1, 0.15) is 40.2 Å². The van der Waals surface area contributed by atoms with E-state index in [1.54, 1.807) is 6.92 Å². The van der Waals surface area contributed by atoms with Gasteiger partial charge in [0.25, 0.3) is 5.91 Å². The molecule has 3 fully saturated rings. The molecule has 2 aromatic carbocycles. The van der Waals surface area contributed by atoms with E-state index in [1.807, 2.05) is 86.3 Å². The number of hydrogen-bond acceptors (Lipinski definition) is 12. The largest absolute Gasteiger partial charge is 0.457 e. The molecule has 6 atom stereocenters. The van der Waals surface area contributed by atoms with Crippen molar-refractivity contribution in [2.24, 2.45) is 5.92 Å². The van der Waals surface area contributed by atoms with Gasteiger partial charge in [-0.3, -0.25) is 33.7 Å². The first kappa shape index (κ1) is 44.5. The molecular formula is C44H57N7O8S. The zero-order valence-electron chi connectivity index (χ0n) is 34.8. The van der Waals surface area contributed by atoms with Gasteiger partial charge in [0.2, 0.25) is 17.7 Å². The van der Waals surface area contributed by atoms with Gasteiger partial charge in [-0.1, -0.05) is 74.5 Å². The molecule has 0 radical (unpaired) electrons. The summed E-state index contributed by atoms with van der Waals surface area (Å²) in [6.07, 6.45) is 2.94. The third-order valence-corrected chi connectivity index (χ3v) is 12.1. The lowest BCUT2D eigenvalue weighted by Crippen LogP contribution is -2.57. The molecule has 3 saturated heterocycles. The van der Waals surface area contributed by atoms with Gasteiger partial charge in [0, 0.05) is 38.6 Å². The Bertz CT molecular complexity index is 1970. The summed E-state index contributed by atoms with van der Waals surface area (Å²) in [5.74, 6) is -2.42. The maximum atomic E-state index is 14.3. The highest BCUT2D eigenvalue weighted by molar-refractivity contribution is 7.13. The minimum atomic E-state index is -1.02. The first-order valence-corrected chi connectivity index (χ1v) is 21.6. The number of Topliss-reactive ketones (excluding diaryl/α,β-unsaturated/α-hetero) is 1. The zero-order valence-corrected chi connectivity index (χ0v) is 35.6. The first-order valence-electron chi connectivity index (χ1n) is 20.8. The van der Waals surface area contributed by atoms with Gasteiger partial charge >= 0.3 is 5.97 Å². The highest BCUT2D eigenvalue weighted by Gasteiger charge is 2.51. The van der Waals surface area contributed by atoms with E-state index in [-0.39, 0.29) is 55.0 Å². The second-order valence-electron chi connectivity index (χ2n) is 16.5. The molecule has 15 nitrogen and oxygen atoms in total. The maximum Gasteiger partial charge on any atom is 0.320 e. The number of nitrogens with one attached hydrogen (secondary N) is 4. The standard InChI is InChI=1S/C44H57N7O8S/c1-28(2)21-33(39(53)44(4)27-59-44)48-41(55)35(23-31-13-9-6-10-14-31)51-29(3)22-34(43(51)57)49-40(54)32(16-15-30-11-7-5-8-12-30)47-42(56)36-24-46-37(60-36)26-58-38(52)25-50-19-17-45-18-20-50/h5-14,24,28-29,32-35,45H,15-23,25-27H2,1-4H3,(H,47,56)(H,48,55)(H,49,54)/t29?,32-,33-,34-,35-,44?/m0/s1. The maximum absolute atomic E-state index is 14.3. The van der Waals surface area contributed by atoms with Crippen LogP contribution < -0.4 is 21.3 Å². The molecule has 322 valence electrons. The summed E-state index contributed by atoms with van der Waals surface area (Å²) in [6, 6.07) is 14.7. The second-order valence-corrected chi connectivity index (χ2v) is 17.6. The number of epoxide rings is 1. The van der Waals surface area contributed by atoms with Gasteiger partial charge in [-0.25, -0.2) is 4.98 Å². The Morgan fingerprint density at radius 2 is 1.63 bits per heavy atom. The van der Waals surface area contributed by atoms with Crippen molar-refractivity contribution in [1.29, 1.82) is 0 Å². The number of hydrogen-bond donors (Lipinski definition) is 4. The van der Waals surface area contributed by atoms with Gasteiger partial charge in [-0.2, -0.15) is 0 Å². The van der Waals surface area contributed by atoms with Crippen molar-refractivity contribution in [3.8, 4) is 0 Å². The van der Waals surface area contributed by atoms with Gasteiger partial charge in [0.05, 0.1) is 25.4 Å². The summed E-state index contributed by atoms with van der Waals surface area (Å²) in [4.78, 5) is 90.3. The molecule has 3 aliphatic heterocycles. The number of aryl methyl sites for hydroxylation is 1. The minimum Gasteiger partial charge on any atom is -0.457 e. The van der Waals surface area contributed by atoms with Gasteiger partial charge in [-0.05, 0) is 56.6 Å². The topological polar surface area (TPSA) is 192 Å². The molecule has 4 heterocycles. The number of amides is 4. The molecule has 6 rings (SSSR count). The summed E-state index contributed by atoms with van der Waals surface area (Å²) >= 11 is 1.07. The van der Waals surface area contributed by atoms with Crippen molar-refractivity contribution in [2.75, 3.05) is 39.3 Å². The Labute approximate surface area is 355 Å². The molecule has 16 heteroatoms. The molecule has 60 heavy (non-hydrogen) atoms. The highest BCUT2D eigenvalue weighted by atomic mass is 32.1. The summed E-state index contributed by atoms with van der Waals surface area (Å²) < 4.78 is 10.9. The van der Waals surface area contributed by atoms with Crippen LogP contribution in [0.15, 0.2) is 66.9 Å². The Hall–Kier alpha value is -5.03. The molecule has 4 N–H and O–H groups in total. The van der Waals surface area contributed by atoms with Crippen LogP contribution in [-0.4, -0.2) is 125 Å². The lowest BCUT2D eigenvalue weighted by atomic mass is 9.92. The van der Waals surface area contributed by atoms with Crippen LogP contribution in [0.4, 0.5) is 0 Å². The fraction of sp³-hybridized carbons (Fsp3) is 0.523. The van der Waals surface area contributed by atoms with Crippen LogP contribution in [0.5, 0.6) is 0 Å². The number of thiazole rings is 1. The average Bonchev–Trinajstić information content (AvgIpc) is 3.69. The van der Waals surface area contributed by atoms with E-state index in [9.17, 15) is 28.8 Å². The number of benzene rings is 2. The van der Waals surface area contributed by atoms with Gasteiger partial charge in [0.15, 0.2) is 5.78 Å². The molecule has 3 aromatic rings. The van der Waals surface area contributed by atoms with Crippen LogP contribution in [-0.2, 0) is 52.9 Å². The summed E-state index contributed by atoms with van der Waals surface area (Å²) in [5, 5.41) is 12.4. The summed E-state index contributed by atoms with van der Waals surface area (Å²) in [7, 11) is 0. The number of carbonyl (C=O) groups excluding carboxylic acids is 6. The molecule has 3 aliphatic rings. The predicted octanol–water partition coefficient (Wildman–Crippen LogP) is 2.43. The van der Waals surface area contributed by atoms with Crippen LogP contribution in [0.3, 0.4) is 0 Å². The number of nitrogens with zero attached hydrogens (tertiary/aromatic N) is 3. The Kier molecular flexibility index (Phi) is 15.2. The Balaban J connectivity index is 1.14. The van der Waals surface area contributed by atoms with E-state index in [2.05, 4.69) is 26.3 Å². The smallest absolute Gasteiger partial charge is 0.320 e. The monoisotopic (exact) mass is 843 g/mol. The lowest BCUT2D eigenvalue weighted by molar-refractivity contribution is -0.146. The van der Waals surface area contributed by atoms with Gasteiger partial charge in [-0.15, -0.1) is 11.3 Å². The SMILES string of the molecule is CC(C)C[C@H](NC(=O)[C@H](Cc1ccccc1)N1C(=O)[C@@H](NC(=O)[C@H](CCc2ccccc2)NC(=O)c2cnc(COC(=O)CN3CCNCC3)s2)CC1C)C(=O)C1(C)CO1. The molecular weight excluding hydrogens is 787 g/mol. The molecule has 0 aliphatic carbocycles. The fourth-order valence-corrected chi connectivity index (χ4v) is 8.46.